The smallest absolute Gasteiger partial charge is 0.223 e. The summed E-state index contributed by atoms with van der Waals surface area (Å²) in [6.45, 7) is 0.442. The van der Waals surface area contributed by atoms with Gasteiger partial charge in [-0.3, -0.25) is 15.5 Å². The fraction of sp³-hybridized carbons (Fsp3) is 0.316. The Bertz CT molecular complexity index is 763. The lowest BCUT2D eigenvalue weighted by Crippen LogP contribution is -2.34. The molecule has 132 valence electrons. The van der Waals surface area contributed by atoms with E-state index in [0.717, 1.165) is 16.7 Å². The van der Waals surface area contributed by atoms with Gasteiger partial charge in [-0.05, 0) is 41.8 Å². The van der Waals surface area contributed by atoms with E-state index in [1.54, 1.807) is 18.1 Å². The number of nitrogens with one attached hydrogen (secondary N) is 1. The van der Waals surface area contributed by atoms with Crippen LogP contribution in [0.4, 0.5) is 5.69 Å². The number of carbonyl (C=O) groups is 1. The van der Waals surface area contributed by atoms with Crippen LogP contribution in [0, 0.1) is 0 Å². The number of methoxy groups -OCH3 is 1. The van der Waals surface area contributed by atoms with Gasteiger partial charge in [0, 0.05) is 18.5 Å². The predicted molar refractivity (Wildman–Crippen MR) is 94.5 cm³/mol. The highest BCUT2D eigenvalue weighted by Gasteiger charge is 2.30. The monoisotopic (exact) mass is 342 g/mol. The summed E-state index contributed by atoms with van der Waals surface area (Å²) >= 11 is 0. The SMILES string of the molecule is COc1ccc(CN2C(=O)CCC2CO)cc1-c1cccc(NO)c1. The van der Waals surface area contributed by atoms with Crippen LogP contribution in [0.1, 0.15) is 18.4 Å². The van der Waals surface area contributed by atoms with Crippen molar-refractivity contribution in [1.29, 1.82) is 0 Å². The molecule has 1 unspecified atom stereocenters. The molecule has 0 radical (unpaired) electrons. The molecule has 6 heteroatoms. The lowest BCUT2D eigenvalue weighted by molar-refractivity contribution is -0.130. The number of nitrogens with zero attached hydrogens (tertiary/aromatic N) is 1. The maximum atomic E-state index is 12.1. The molecule has 0 saturated carbocycles. The molecular weight excluding hydrogens is 320 g/mol. The van der Waals surface area contributed by atoms with Gasteiger partial charge in [0.15, 0.2) is 0 Å². The van der Waals surface area contributed by atoms with Crippen LogP contribution in [0.3, 0.4) is 0 Å². The zero-order chi connectivity index (χ0) is 17.8. The third-order valence-corrected chi connectivity index (χ3v) is 4.58. The Morgan fingerprint density at radius 1 is 1.28 bits per heavy atom. The Kier molecular flexibility index (Phi) is 5.21. The summed E-state index contributed by atoms with van der Waals surface area (Å²) in [6, 6.07) is 13.0. The van der Waals surface area contributed by atoms with Crippen LogP contribution in [0.5, 0.6) is 5.75 Å². The Balaban J connectivity index is 1.93. The molecule has 3 N–H and O–H groups in total. The number of hydrogen-bond acceptors (Lipinski definition) is 5. The molecule has 1 aliphatic rings. The normalized spacial score (nSPS) is 17.0. The summed E-state index contributed by atoms with van der Waals surface area (Å²) < 4.78 is 5.46. The van der Waals surface area contributed by atoms with Crippen molar-refractivity contribution in [2.24, 2.45) is 0 Å². The topological polar surface area (TPSA) is 82.0 Å². The Labute approximate surface area is 146 Å². The predicted octanol–water partition coefficient (Wildman–Crippen LogP) is 2.65. The first-order valence-electron chi connectivity index (χ1n) is 8.24. The minimum Gasteiger partial charge on any atom is -0.496 e. The molecule has 0 spiro atoms. The first kappa shape index (κ1) is 17.3. The molecule has 0 aliphatic carbocycles. The average Bonchev–Trinajstić information content (AvgIpc) is 3.01. The van der Waals surface area contributed by atoms with Crippen molar-refractivity contribution < 1.29 is 19.8 Å². The minimum atomic E-state index is -0.111. The van der Waals surface area contributed by atoms with Gasteiger partial charge in [-0.1, -0.05) is 18.2 Å². The van der Waals surface area contributed by atoms with Gasteiger partial charge < -0.3 is 14.7 Å². The summed E-state index contributed by atoms with van der Waals surface area (Å²) in [5.41, 5.74) is 5.47. The van der Waals surface area contributed by atoms with E-state index in [2.05, 4.69) is 5.48 Å². The molecule has 1 saturated heterocycles. The summed E-state index contributed by atoms with van der Waals surface area (Å²) in [4.78, 5) is 13.8. The largest absolute Gasteiger partial charge is 0.496 e. The van der Waals surface area contributed by atoms with Crippen LogP contribution in [0.2, 0.25) is 0 Å². The molecule has 3 rings (SSSR count). The summed E-state index contributed by atoms with van der Waals surface area (Å²) in [5, 5.41) is 18.6. The fourth-order valence-corrected chi connectivity index (χ4v) is 3.23. The van der Waals surface area contributed by atoms with Gasteiger partial charge in [-0.15, -0.1) is 0 Å². The van der Waals surface area contributed by atoms with Gasteiger partial charge in [0.1, 0.15) is 5.75 Å². The number of amides is 1. The number of aliphatic hydroxyl groups excluding tert-OH is 1. The van der Waals surface area contributed by atoms with Crippen LogP contribution >= 0.6 is 0 Å². The van der Waals surface area contributed by atoms with Gasteiger partial charge >= 0.3 is 0 Å². The quantitative estimate of drug-likeness (QED) is 0.703. The van der Waals surface area contributed by atoms with Crippen LogP contribution in [-0.2, 0) is 11.3 Å². The molecule has 1 amide bonds. The number of carbonyl (C=O) groups excluding carboxylic acids is 1. The van der Waals surface area contributed by atoms with Crippen molar-refractivity contribution in [3.05, 3.63) is 48.0 Å². The first-order chi connectivity index (χ1) is 12.2. The zero-order valence-electron chi connectivity index (χ0n) is 14.1. The van der Waals surface area contributed by atoms with E-state index in [0.29, 0.717) is 30.8 Å². The molecule has 0 bridgehead atoms. The van der Waals surface area contributed by atoms with Crippen LogP contribution in [-0.4, -0.2) is 40.9 Å². The molecule has 1 atom stereocenters. The number of hydrogen-bond donors (Lipinski definition) is 3. The summed E-state index contributed by atoms with van der Waals surface area (Å²) in [7, 11) is 1.61. The molecule has 1 fully saturated rings. The van der Waals surface area contributed by atoms with E-state index in [1.807, 2.05) is 36.4 Å². The van der Waals surface area contributed by atoms with Crippen LogP contribution in [0.25, 0.3) is 11.1 Å². The Hall–Kier alpha value is -2.57. The van der Waals surface area contributed by atoms with Gasteiger partial charge in [-0.2, -0.15) is 0 Å². The van der Waals surface area contributed by atoms with Crippen molar-refractivity contribution in [1.82, 2.24) is 4.90 Å². The fourth-order valence-electron chi connectivity index (χ4n) is 3.23. The Morgan fingerprint density at radius 3 is 2.84 bits per heavy atom. The second kappa shape index (κ2) is 7.55. The maximum absolute atomic E-state index is 12.1. The molecule has 2 aromatic rings. The zero-order valence-corrected chi connectivity index (χ0v) is 14.1. The highest BCUT2D eigenvalue weighted by atomic mass is 16.5. The van der Waals surface area contributed by atoms with Gasteiger partial charge in [0.05, 0.1) is 25.4 Å². The summed E-state index contributed by atoms with van der Waals surface area (Å²) in [5.74, 6) is 0.785. The molecular formula is C19H22N2O4. The maximum Gasteiger partial charge on any atom is 0.223 e. The molecule has 0 aromatic heterocycles. The highest BCUT2D eigenvalue weighted by molar-refractivity contribution is 5.79. The standard InChI is InChI=1S/C19H22N2O4/c1-25-18-7-5-13(11-21-16(12-22)6-8-19(21)23)9-17(18)14-3-2-4-15(10-14)20-24/h2-5,7,9-10,16,20,22,24H,6,8,11-12H2,1H3. The van der Waals surface area contributed by atoms with E-state index >= 15 is 0 Å². The molecule has 25 heavy (non-hydrogen) atoms. The van der Waals surface area contributed by atoms with Crippen LogP contribution < -0.4 is 10.2 Å². The van der Waals surface area contributed by atoms with E-state index in [1.165, 1.54) is 0 Å². The lowest BCUT2D eigenvalue weighted by atomic mass is 10.0. The van der Waals surface area contributed by atoms with Gasteiger partial charge in [0.25, 0.3) is 0 Å². The lowest BCUT2D eigenvalue weighted by Gasteiger charge is -2.24. The van der Waals surface area contributed by atoms with E-state index < -0.39 is 0 Å². The number of benzene rings is 2. The van der Waals surface area contributed by atoms with Crippen molar-refractivity contribution >= 4 is 11.6 Å². The summed E-state index contributed by atoms with van der Waals surface area (Å²) in [6.07, 6.45) is 1.18. The number of aliphatic hydroxyl groups is 1. The third-order valence-electron chi connectivity index (χ3n) is 4.58. The van der Waals surface area contributed by atoms with Crippen molar-refractivity contribution in [3.8, 4) is 16.9 Å². The van der Waals surface area contributed by atoms with E-state index in [4.69, 9.17) is 9.94 Å². The molecule has 1 aliphatic heterocycles. The van der Waals surface area contributed by atoms with Gasteiger partial charge in [-0.25, -0.2) is 0 Å². The average molecular weight is 342 g/mol. The number of rotatable bonds is 6. The third kappa shape index (κ3) is 3.60. The minimum absolute atomic E-state index is 0.0149. The number of anilines is 1. The Morgan fingerprint density at radius 2 is 2.12 bits per heavy atom. The number of ether oxygens (including phenoxy) is 1. The highest BCUT2D eigenvalue weighted by Crippen LogP contribution is 2.33. The van der Waals surface area contributed by atoms with E-state index in [9.17, 15) is 9.90 Å². The van der Waals surface area contributed by atoms with Crippen molar-refractivity contribution in [2.45, 2.75) is 25.4 Å². The second-order valence-electron chi connectivity index (χ2n) is 6.12. The second-order valence-corrected chi connectivity index (χ2v) is 6.12. The van der Waals surface area contributed by atoms with E-state index in [-0.39, 0.29) is 18.6 Å². The first-order valence-corrected chi connectivity index (χ1v) is 8.24. The molecule has 6 nitrogen and oxygen atoms in total. The van der Waals surface area contributed by atoms with Crippen molar-refractivity contribution in [2.75, 3.05) is 19.2 Å². The van der Waals surface area contributed by atoms with Gasteiger partial charge in [0.2, 0.25) is 5.91 Å². The van der Waals surface area contributed by atoms with Crippen LogP contribution in [0.15, 0.2) is 42.5 Å². The molecule has 1 heterocycles. The number of likely N-dealkylation sites (tertiary alicyclic amines) is 1. The molecule has 2 aromatic carbocycles. The van der Waals surface area contributed by atoms with Crippen molar-refractivity contribution in [3.63, 3.8) is 0 Å².